The van der Waals surface area contributed by atoms with Crippen molar-refractivity contribution in [2.75, 3.05) is 92.0 Å². The fourth-order valence-electron chi connectivity index (χ4n) is 20.8. The van der Waals surface area contributed by atoms with Gasteiger partial charge in [-0.1, -0.05) is 502 Å². The fourth-order valence-corrected chi connectivity index (χ4v) is 31.7. The van der Waals surface area contributed by atoms with E-state index in [1.807, 2.05) is 0 Å². The maximum absolute atomic E-state index is 14.6. The molecule has 0 fully saturated rings. The van der Waals surface area contributed by atoms with Crippen LogP contribution < -0.4 is 0 Å². The van der Waals surface area contributed by atoms with Crippen molar-refractivity contribution >= 4 is 94.1 Å². The Morgan fingerprint density at radius 1 is 0.209 bits per heavy atom. The van der Waals surface area contributed by atoms with Crippen molar-refractivity contribution in [3.63, 3.8) is 0 Å². The first kappa shape index (κ1) is 127. The number of thioether (sulfide) groups is 8. The van der Waals surface area contributed by atoms with Gasteiger partial charge in [0, 0.05) is 67.7 Å². The van der Waals surface area contributed by atoms with Gasteiger partial charge in [-0.25, -0.2) is 0 Å². The first-order valence-electron chi connectivity index (χ1n) is 58.2. The Bertz CT molecular complexity index is 2130. The van der Waals surface area contributed by atoms with E-state index in [4.69, 9.17) is 0 Å². The molecule has 0 aromatic rings. The predicted octanol–water partition coefficient (Wildman–Crippen LogP) is 39.9. The van der Waals surface area contributed by atoms with Crippen molar-refractivity contribution in [1.82, 2.24) is 0 Å². The molecular formula is C117H228O4S8. The Balaban J connectivity index is 3.10. The summed E-state index contributed by atoms with van der Waals surface area (Å²) in [6.45, 7) is 18.7. The minimum Gasteiger partial charge on any atom is -0.393 e. The number of unbranched alkanes of at least 4 members (excludes halogenated alkanes) is 64. The molecule has 0 aromatic carbocycles. The van der Waals surface area contributed by atoms with Crippen LogP contribution in [0.4, 0.5) is 0 Å². The maximum atomic E-state index is 14.6. The molecule has 768 valence electrons. The van der Waals surface area contributed by atoms with Crippen molar-refractivity contribution in [3.05, 3.63) is 23.3 Å². The Kier molecular flexibility index (Phi) is 93.7. The monoisotopic (exact) mass is 1950 g/mol. The SMILES string of the molecule is CCCCCCCCCCCCSCC1(CSCCCCCCCCCCCC)C=C(CC2=CC(CSCCCCCCCCCCCC)(CSCCCCCCCCCCCC)C(O)C(CSCCCCCCCCCCCC)(CSCCCC(O)CCCCCCCC)C2)CC(CSCCCCCCCCCCCC)(CSCCCC(O)CCCCCCCC)C1O. The topological polar surface area (TPSA) is 80.9 Å². The van der Waals surface area contributed by atoms with Crippen molar-refractivity contribution in [3.8, 4) is 0 Å². The van der Waals surface area contributed by atoms with Gasteiger partial charge in [-0.3, -0.25) is 0 Å². The van der Waals surface area contributed by atoms with Crippen molar-refractivity contribution in [1.29, 1.82) is 0 Å². The van der Waals surface area contributed by atoms with E-state index < -0.39 is 12.2 Å². The van der Waals surface area contributed by atoms with Gasteiger partial charge in [0.2, 0.25) is 0 Å². The smallest absolute Gasteiger partial charge is 0.0721 e. The summed E-state index contributed by atoms with van der Waals surface area (Å²) in [6, 6.07) is 0. The van der Waals surface area contributed by atoms with Crippen LogP contribution in [0.2, 0.25) is 0 Å². The minimum absolute atomic E-state index is 0.216. The molecule has 4 nitrogen and oxygen atoms in total. The Hall–Kier alpha value is 2.12. The fraction of sp³-hybridized carbons (Fsp3) is 0.966. The number of aliphatic hydroxyl groups excluding tert-OH is 4. The van der Waals surface area contributed by atoms with E-state index in [9.17, 15) is 20.4 Å². The van der Waals surface area contributed by atoms with Gasteiger partial charge in [0.05, 0.1) is 24.4 Å². The number of aliphatic hydroxyl groups is 4. The Labute approximate surface area is 844 Å². The Morgan fingerprint density at radius 2 is 0.357 bits per heavy atom. The molecular weight excluding hydrogens is 1730 g/mol. The molecule has 0 heterocycles. The first-order chi connectivity index (χ1) is 63.4. The van der Waals surface area contributed by atoms with Crippen LogP contribution in [0.5, 0.6) is 0 Å². The van der Waals surface area contributed by atoms with Crippen molar-refractivity contribution in [2.24, 2.45) is 21.7 Å². The molecule has 0 saturated carbocycles. The lowest BCUT2D eigenvalue weighted by Gasteiger charge is -2.53. The highest BCUT2D eigenvalue weighted by atomic mass is 32.2. The zero-order chi connectivity index (χ0) is 93.1. The molecule has 6 unspecified atom stereocenters. The highest BCUT2D eigenvalue weighted by Crippen LogP contribution is 2.57. The van der Waals surface area contributed by atoms with Gasteiger partial charge in [0.1, 0.15) is 0 Å². The van der Waals surface area contributed by atoms with Gasteiger partial charge in [-0.2, -0.15) is 94.1 Å². The lowest BCUT2D eigenvalue weighted by molar-refractivity contribution is -0.0216. The lowest BCUT2D eigenvalue weighted by atomic mass is 9.60. The minimum atomic E-state index is -0.437. The van der Waals surface area contributed by atoms with Gasteiger partial charge in [0.25, 0.3) is 0 Å². The zero-order valence-corrected chi connectivity index (χ0v) is 94.6. The highest BCUT2D eigenvalue weighted by molar-refractivity contribution is 8.01. The number of hydrogen-bond donors (Lipinski definition) is 4. The summed E-state index contributed by atoms with van der Waals surface area (Å²) in [4.78, 5) is 0. The van der Waals surface area contributed by atoms with E-state index in [0.717, 1.165) is 128 Å². The largest absolute Gasteiger partial charge is 0.393 e. The van der Waals surface area contributed by atoms with Crippen molar-refractivity contribution < 1.29 is 20.4 Å². The lowest BCUT2D eigenvalue weighted by Crippen LogP contribution is -2.56. The molecule has 0 spiro atoms. The second kappa shape index (κ2) is 95.0. The second-order valence-electron chi connectivity index (χ2n) is 42.3. The summed E-state index contributed by atoms with van der Waals surface area (Å²) < 4.78 is 0. The van der Waals surface area contributed by atoms with Crippen LogP contribution in [-0.4, -0.2) is 137 Å². The third-order valence-corrected chi connectivity index (χ3v) is 39.9. The predicted molar refractivity (Wildman–Crippen MR) is 608 cm³/mol. The number of rotatable bonds is 106. The molecule has 0 aromatic heterocycles. The van der Waals surface area contributed by atoms with Crippen LogP contribution >= 0.6 is 94.1 Å². The van der Waals surface area contributed by atoms with Crippen LogP contribution in [0.15, 0.2) is 23.3 Å². The molecule has 0 saturated heterocycles. The molecule has 4 N–H and O–H groups in total. The second-order valence-corrected chi connectivity index (χ2v) is 51.2. The van der Waals surface area contributed by atoms with Gasteiger partial charge in [-0.05, 0) is 142 Å². The van der Waals surface area contributed by atoms with Crippen LogP contribution in [0.3, 0.4) is 0 Å². The third-order valence-electron chi connectivity index (χ3n) is 29.2. The van der Waals surface area contributed by atoms with Gasteiger partial charge >= 0.3 is 0 Å². The molecule has 0 radical (unpaired) electrons. The van der Waals surface area contributed by atoms with E-state index in [-0.39, 0.29) is 33.9 Å². The van der Waals surface area contributed by atoms with E-state index in [1.54, 1.807) is 11.1 Å². The summed E-state index contributed by atoms with van der Waals surface area (Å²) in [5.74, 6) is 17.2. The van der Waals surface area contributed by atoms with E-state index in [0.29, 0.717) is 0 Å². The van der Waals surface area contributed by atoms with Crippen LogP contribution in [0.1, 0.15) is 575 Å². The quantitative estimate of drug-likeness (QED) is 0.0346. The first-order valence-corrected chi connectivity index (χ1v) is 67.4. The average Bonchev–Trinajstić information content (AvgIpc) is 0.739. The standard InChI is InChI=1S/C117H228O4S8/c1-9-17-25-33-41-47-53-59-67-75-87-122-100-114(101-123-88-76-68-60-54-48-42-34-26-18-10-2)96-108(98-116(112(114)120,104-126-91-79-71-63-57-51-45-37-29-21-13-5)106-128-93-81-85-110(118)83-73-65-39-31-23-15-7)95-109-97-115(102-124-89-77-69-61-55-49-43-35-27-19-11-3,103-125-90-78-70-62-56-50-44-36-28-20-12-4)113(121)117(99-109,105-127-92-80-72-64-58-52-46-38-30-22-14-6)107-129-94-82-86-111(119)84-74-66-40-32-24-16-8/h96-97,110-113,118-121H,9-95,98-107H2,1-8H3. The van der Waals surface area contributed by atoms with Crippen LogP contribution in [-0.2, 0) is 0 Å². The molecule has 2 rings (SSSR count). The molecule has 0 aliphatic heterocycles. The molecule has 6 atom stereocenters. The normalized spacial score (nSPS) is 18.0. The zero-order valence-electron chi connectivity index (χ0n) is 88.1. The maximum Gasteiger partial charge on any atom is 0.0721 e. The van der Waals surface area contributed by atoms with E-state index >= 15 is 0 Å². The summed E-state index contributed by atoms with van der Waals surface area (Å²) in [7, 11) is 0. The third kappa shape index (κ3) is 70.4. The molecule has 129 heavy (non-hydrogen) atoms. The summed E-state index contributed by atoms with van der Waals surface area (Å²) >= 11 is 17.6. The molecule has 0 amide bonds. The van der Waals surface area contributed by atoms with E-state index in [2.05, 4.69) is 162 Å². The molecule has 2 aliphatic carbocycles. The van der Waals surface area contributed by atoms with E-state index in [1.165, 1.54) is 484 Å². The van der Waals surface area contributed by atoms with Crippen LogP contribution in [0, 0.1) is 21.7 Å². The van der Waals surface area contributed by atoms with Gasteiger partial charge < -0.3 is 20.4 Å². The summed E-state index contributed by atoms with van der Waals surface area (Å²) in [5.41, 5.74) is 1.96. The molecule has 0 bridgehead atoms. The Morgan fingerprint density at radius 3 is 0.543 bits per heavy atom. The number of hydrogen-bond acceptors (Lipinski definition) is 12. The summed E-state index contributed by atoms with van der Waals surface area (Å²) in [5, 5.41) is 52.3. The average molecular weight is 1960 g/mol. The molecule has 2 aliphatic rings. The number of allylic oxidation sites excluding steroid dienone is 2. The summed E-state index contributed by atoms with van der Waals surface area (Å²) in [6.07, 6.45) is 110. The molecule has 12 heteroatoms. The van der Waals surface area contributed by atoms with Gasteiger partial charge in [-0.15, -0.1) is 0 Å². The van der Waals surface area contributed by atoms with Gasteiger partial charge in [0.15, 0.2) is 0 Å². The van der Waals surface area contributed by atoms with Crippen molar-refractivity contribution in [2.45, 2.75) is 600 Å². The highest BCUT2D eigenvalue weighted by Gasteiger charge is 2.55. The van der Waals surface area contributed by atoms with Crippen LogP contribution in [0.25, 0.3) is 0 Å².